The van der Waals surface area contributed by atoms with Gasteiger partial charge in [0.05, 0.1) is 23.2 Å². The number of benzene rings is 3. The zero-order chi connectivity index (χ0) is 30.3. The Hall–Kier alpha value is -3.07. The molecule has 4 atom stereocenters. The fourth-order valence-electron chi connectivity index (χ4n) is 9.36. The van der Waals surface area contributed by atoms with Gasteiger partial charge in [-0.25, -0.2) is 0 Å². The maximum atomic E-state index is 7.58. The number of para-hydroxylation sites is 1. The number of ether oxygens (including phenoxy) is 5. The summed E-state index contributed by atoms with van der Waals surface area (Å²) in [6.07, 6.45) is 5.02. The summed E-state index contributed by atoms with van der Waals surface area (Å²) in [7, 11) is 3.42. The topological polar surface area (TPSA) is 54.3 Å². The number of hydrogen-bond acceptors (Lipinski definition) is 6. The highest BCUT2D eigenvalue weighted by Crippen LogP contribution is 2.70. The van der Waals surface area contributed by atoms with Gasteiger partial charge >= 0.3 is 0 Å². The lowest BCUT2D eigenvalue weighted by atomic mass is 9.48. The molecule has 3 heterocycles. The van der Waals surface area contributed by atoms with Crippen molar-refractivity contribution in [2.75, 3.05) is 34.1 Å². The first kappa shape index (κ1) is 28.2. The predicted octanol–water partition coefficient (Wildman–Crippen LogP) is 6.80. The Morgan fingerprint density at radius 1 is 1.00 bits per heavy atom. The third-order valence-corrected chi connectivity index (χ3v) is 11.7. The van der Waals surface area contributed by atoms with Gasteiger partial charge < -0.3 is 28.3 Å². The highest BCUT2D eigenvalue weighted by Gasteiger charge is 2.74. The van der Waals surface area contributed by atoms with Crippen LogP contribution < -0.4 is 9.47 Å². The van der Waals surface area contributed by atoms with Crippen molar-refractivity contribution in [2.24, 2.45) is 5.92 Å². The summed E-state index contributed by atoms with van der Waals surface area (Å²) in [6.45, 7) is 3.19. The van der Waals surface area contributed by atoms with E-state index in [1.165, 1.54) is 46.1 Å². The summed E-state index contributed by atoms with van der Waals surface area (Å²) in [5.41, 5.74) is 6.34. The van der Waals surface area contributed by atoms with Crippen molar-refractivity contribution in [2.45, 2.75) is 68.6 Å². The molecule has 2 aliphatic heterocycles. The van der Waals surface area contributed by atoms with E-state index in [-0.39, 0.29) is 18.9 Å². The lowest BCUT2D eigenvalue weighted by Gasteiger charge is -2.64. The average Bonchev–Trinajstić information content (AvgIpc) is 3.74. The average molecular weight is 627 g/mol. The van der Waals surface area contributed by atoms with Gasteiger partial charge in [-0.05, 0) is 73.0 Å². The van der Waals surface area contributed by atoms with Crippen LogP contribution >= 0.6 is 11.6 Å². The number of nitrogens with zero attached hydrogens (tertiary/aromatic N) is 2. The van der Waals surface area contributed by atoms with Gasteiger partial charge in [-0.2, -0.15) is 0 Å². The molecule has 1 saturated carbocycles. The summed E-state index contributed by atoms with van der Waals surface area (Å²) in [5, 5.41) is 1.99. The second-order valence-corrected chi connectivity index (χ2v) is 13.9. The minimum Gasteiger partial charge on any atom is -0.479 e. The van der Waals surface area contributed by atoms with E-state index in [0.717, 1.165) is 60.4 Å². The molecule has 7 nitrogen and oxygen atoms in total. The van der Waals surface area contributed by atoms with Crippen molar-refractivity contribution < 1.29 is 23.7 Å². The van der Waals surface area contributed by atoms with Crippen molar-refractivity contribution in [3.8, 4) is 11.5 Å². The van der Waals surface area contributed by atoms with Gasteiger partial charge in [0.1, 0.15) is 12.3 Å². The maximum absolute atomic E-state index is 7.58. The number of halogens is 1. The van der Waals surface area contributed by atoms with Gasteiger partial charge in [-0.3, -0.25) is 4.90 Å². The number of piperidine rings is 1. The van der Waals surface area contributed by atoms with Gasteiger partial charge in [0.2, 0.25) is 0 Å². The Labute approximate surface area is 268 Å². The van der Waals surface area contributed by atoms with E-state index in [9.17, 15) is 0 Å². The van der Waals surface area contributed by atoms with Crippen molar-refractivity contribution >= 4 is 22.5 Å². The first-order valence-electron chi connectivity index (χ1n) is 16.2. The van der Waals surface area contributed by atoms with Crippen LogP contribution in [-0.4, -0.2) is 55.2 Å². The first-order valence-corrected chi connectivity index (χ1v) is 16.6. The Morgan fingerprint density at radius 2 is 1.84 bits per heavy atom. The van der Waals surface area contributed by atoms with Crippen LogP contribution in [0.15, 0.2) is 60.7 Å². The lowest BCUT2D eigenvalue weighted by Crippen LogP contribution is -2.75. The zero-order valence-electron chi connectivity index (χ0n) is 25.9. The van der Waals surface area contributed by atoms with E-state index < -0.39 is 11.0 Å². The third kappa shape index (κ3) is 3.91. The molecular formula is C37H39ClN2O5. The van der Waals surface area contributed by atoms with Crippen molar-refractivity contribution in [3.05, 3.63) is 93.6 Å². The van der Waals surface area contributed by atoms with Crippen LogP contribution in [0, 0.1) is 5.92 Å². The minimum absolute atomic E-state index is 0.161. The van der Waals surface area contributed by atoms with Crippen LogP contribution in [0.5, 0.6) is 11.5 Å². The molecule has 3 aromatic carbocycles. The Bertz CT molecular complexity index is 1800. The molecule has 0 radical (unpaired) electrons. The summed E-state index contributed by atoms with van der Waals surface area (Å²) in [5.74, 6) is 2.35. The monoisotopic (exact) mass is 626 g/mol. The number of aromatic nitrogens is 1. The van der Waals surface area contributed by atoms with Crippen LogP contribution in [0.4, 0.5) is 0 Å². The summed E-state index contributed by atoms with van der Waals surface area (Å²) < 4.78 is 34.6. The highest BCUT2D eigenvalue weighted by molar-refractivity contribution is 6.31. The molecule has 45 heavy (non-hydrogen) atoms. The van der Waals surface area contributed by atoms with Crippen LogP contribution in [0.25, 0.3) is 10.9 Å². The number of fused-ring (bicyclic) bond motifs is 4. The molecule has 9 rings (SSSR count). The molecule has 1 saturated heterocycles. The van der Waals surface area contributed by atoms with Crippen molar-refractivity contribution in [3.63, 3.8) is 0 Å². The SMILES string of the molecule is COCOc1ccc2c3c1O[C@H]1c4c(c5ccccc5n4COC)C[C@@]4(OCc5ccccc5Cl)[C@H](C2)N(CC2CC2)CC[C@]314. The van der Waals surface area contributed by atoms with E-state index in [2.05, 4.69) is 51.9 Å². The molecule has 234 valence electrons. The molecule has 0 unspecified atom stereocenters. The fourth-order valence-corrected chi connectivity index (χ4v) is 9.55. The largest absolute Gasteiger partial charge is 0.479 e. The smallest absolute Gasteiger partial charge is 0.188 e. The van der Waals surface area contributed by atoms with Gasteiger partial charge in [0.15, 0.2) is 24.4 Å². The van der Waals surface area contributed by atoms with E-state index in [1.807, 2.05) is 18.2 Å². The van der Waals surface area contributed by atoms with E-state index in [0.29, 0.717) is 13.3 Å². The number of methoxy groups -OCH3 is 2. The zero-order valence-corrected chi connectivity index (χ0v) is 26.6. The van der Waals surface area contributed by atoms with Crippen LogP contribution in [0.1, 0.15) is 53.3 Å². The molecular weight excluding hydrogens is 588 g/mol. The van der Waals surface area contributed by atoms with E-state index in [1.54, 1.807) is 14.2 Å². The molecule has 5 aliphatic rings. The van der Waals surface area contributed by atoms with E-state index >= 15 is 0 Å². The second kappa shape index (κ2) is 10.5. The van der Waals surface area contributed by atoms with Gasteiger partial charge in [0, 0.05) is 49.2 Å². The first-order chi connectivity index (χ1) is 22.1. The minimum atomic E-state index is -0.545. The molecule has 4 aromatic rings. The molecule has 1 aromatic heterocycles. The Balaban J connectivity index is 1.31. The molecule has 2 bridgehead atoms. The normalized spacial score (nSPS) is 27.7. The third-order valence-electron chi connectivity index (χ3n) is 11.3. The molecule has 0 amide bonds. The fraction of sp³-hybridized carbons (Fsp3) is 0.459. The number of hydrogen-bond donors (Lipinski definition) is 0. The van der Waals surface area contributed by atoms with Crippen molar-refractivity contribution in [1.29, 1.82) is 0 Å². The Morgan fingerprint density at radius 3 is 2.67 bits per heavy atom. The van der Waals surface area contributed by atoms with Crippen molar-refractivity contribution in [1.82, 2.24) is 9.47 Å². The molecule has 8 heteroatoms. The van der Waals surface area contributed by atoms with Crippen LogP contribution in [-0.2, 0) is 45.8 Å². The van der Waals surface area contributed by atoms with Gasteiger partial charge in [-0.15, -0.1) is 0 Å². The highest BCUT2D eigenvalue weighted by atomic mass is 35.5. The maximum Gasteiger partial charge on any atom is 0.188 e. The molecule has 1 spiro atoms. The molecule has 0 N–H and O–H groups in total. The van der Waals surface area contributed by atoms with Gasteiger partial charge in [0.25, 0.3) is 0 Å². The lowest BCUT2D eigenvalue weighted by molar-refractivity contribution is -0.211. The van der Waals surface area contributed by atoms with E-state index in [4.69, 9.17) is 35.3 Å². The second-order valence-electron chi connectivity index (χ2n) is 13.5. The summed E-state index contributed by atoms with van der Waals surface area (Å²) in [6, 6.07) is 21.3. The Kier molecular flexibility index (Phi) is 6.56. The standard InChI is InChI=1S/C37H39ClN2O5/c1-41-21-40-29-10-6-4-8-26(29)27-18-37(44-20-25-7-3-5-9-28(25)38)31-17-24-13-14-30(43-22-42-2)34-32(24)36(37,35(45-34)33(27)40)15-16-39(31)19-23-11-12-23/h3-10,13-14,23,31,35H,11-12,15-22H2,1-2H3/t31-,35-,36-,37+/m0/s1. The number of rotatable bonds is 10. The summed E-state index contributed by atoms with van der Waals surface area (Å²) in [4.78, 5) is 2.77. The molecule has 3 aliphatic carbocycles. The quantitative estimate of drug-likeness (QED) is 0.180. The molecule has 2 fully saturated rings. The van der Waals surface area contributed by atoms with Gasteiger partial charge in [-0.1, -0.05) is 54.1 Å². The van der Waals surface area contributed by atoms with Crippen LogP contribution in [0.3, 0.4) is 0 Å². The summed E-state index contributed by atoms with van der Waals surface area (Å²) >= 11 is 6.77. The van der Waals surface area contributed by atoms with Crippen LogP contribution in [0.2, 0.25) is 5.02 Å². The number of likely N-dealkylation sites (tertiary alicyclic amines) is 1. The predicted molar refractivity (Wildman–Crippen MR) is 172 cm³/mol.